The zero-order chi connectivity index (χ0) is 14.1. The smallest absolute Gasteiger partial charge is 0.276 e. The van der Waals surface area contributed by atoms with Gasteiger partial charge >= 0.3 is 0 Å². The van der Waals surface area contributed by atoms with Crippen LogP contribution in [0.2, 0.25) is 0 Å². The number of carbonyl (C=O) groups excluding carboxylic acids is 1. The van der Waals surface area contributed by atoms with E-state index in [1.54, 1.807) is 24.0 Å². The third kappa shape index (κ3) is 2.38. The lowest BCUT2D eigenvalue weighted by atomic mass is 10.0. The Morgan fingerprint density at radius 2 is 2.20 bits per heavy atom. The van der Waals surface area contributed by atoms with Gasteiger partial charge in [-0.25, -0.2) is 0 Å². The molecule has 0 saturated carbocycles. The highest BCUT2D eigenvalue weighted by Crippen LogP contribution is 2.23. The minimum Gasteiger partial charge on any atom is -0.382 e. The van der Waals surface area contributed by atoms with Crippen molar-refractivity contribution >= 4 is 11.7 Å². The molecule has 1 saturated heterocycles. The van der Waals surface area contributed by atoms with E-state index in [0.29, 0.717) is 36.4 Å². The molecule has 0 aliphatic carbocycles. The molecule has 2 aromatic heterocycles. The maximum Gasteiger partial charge on any atom is 0.276 e. The molecule has 106 valence electrons. The third-order valence-corrected chi connectivity index (χ3v) is 3.60. The Kier molecular flexibility index (Phi) is 3.17. The van der Waals surface area contributed by atoms with Gasteiger partial charge in [0.25, 0.3) is 5.91 Å². The Morgan fingerprint density at radius 1 is 1.45 bits per heavy atom. The molecule has 3 heterocycles. The van der Waals surface area contributed by atoms with Crippen LogP contribution in [0.4, 0.5) is 5.82 Å². The normalized spacial score (nSPS) is 16.6. The lowest BCUT2D eigenvalue weighted by Gasteiger charge is -2.31. The van der Waals surface area contributed by atoms with Gasteiger partial charge in [-0.15, -0.1) is 0 Å². The number of anilines is 1. The van der Waals surface area contributed by atoms with Crippen LogP contribution in [0.1, 0.15) is 35.1 Å². The lowest BCUT2D eigenvalue weighted by molar-refractivity contribution is 0.0679. The molecule has 1 amide bonds. The SMILES string of the molecule is Cc1cc(C(=O)N2CCC(n3ccc(N)n3)CC2)no1. The largest absolute Gasteiger partial charge is 0.382 e. The van der Waals surface area contributed by atoms with Crippen molar-refractivity contribution in [1.29, 1.82) is 0 Å². The number of nitrogen functional groups attached to an aromatic ring is 1. The number of aryl methyl sites for hydroxylation is 1. The van der Waals surface area contributed by atoms with Gasteiger partial charge in [0.2, 0.25) is 0 Å². The van der Waals surface area contributed by atoms with Crippen LogP contribution in [-0.2, 0) is 0 Å². The summed E-state index contributed by atoms with van der Waals surface area (Å²) < 4.78 is 6.83. The van der Waals surface area contributed by atoms with Gasteiger partial charge in [-0.1, -0.05) is 5.16 Å². The Hall–Kier alpha value is -2.31. The number of rotatable bonds is 2. The molecule has 1 aliphatic heterocycles. The molecule has 2 aromatic rings. The van der Waals surface area contributed by atoms with Gasteiger partial charge < -0.3 is 15.2 Å². The lowest BCUT2D eigenvalue weighted by Crippen LogP contribution is -2.39. The first kappa shape index (κ1) is 12.7. The average molecular weight is 275 g/mol. The van der Waals surface area contributed by atoms with Crippen molar-refractivity contribution in [2.75, 3.05) is 18.8 Å². The van der Waals surface area contributed by atoms with E-state index in [-0.39, 0.29) is 5.91 Å². The van der Waals surface area contributed by atoms with E-state index in [1.165, 1.54) is 0 Å². The molecular formula is C13H17N5O2. The molecule has 1 fully saturated rings. The predicted octanol–water partition coefficient (Wildman–Crippen LogP) is 1.24. The highest BCUT2D eigenvalue weighted by Gasteiger charge is 2.26. The minimum atomic E-state index is -0.0692. The van der Waals surface area contributed by atoms with Crippen molar-refractivity contribution in [1.82, 2.24) is 19.8 Å². The summed E-state index contributed by atoms with van der Waals surface area (Å²) in [7, 11) is 0. The number of hydrogen-bond acceptors (Lipinski definition) is 5. The summed E-state index contributed by atoms with van der Waals surface area (Å²) in [6.07, 6.45) is 3.62. The number of amides is 1. The summed E-state index contributed by atoms with van der Waals surface area (Å²) in [6.45, 7) is 3.16. The van der Waals surface area contributed by atoms with Crippen molar-refractivity contribution in [2.24, 2.45) is 0 Å². The molecule has 1 aliphatic rings. The Bertz CT molecular complexity index is 610. The van der Waals surface area contributed by atoms with Gasteiger partial charge in [-0.05, 0) is 25.8 Å². The number of hydrogen-bond donors (Lipinski definition) is 1. The fourth-order valence-corrected chi connectivity index (χ4v) is 2.52. The van der Waals surface area contributed by atoms with E-state index in [4.69, 9.17) is 10.3 Å². The molecule has 0 bridgehead atoms. The summed E-state index contributed by atoms with van der Waals surface area (Å²) in [4.78, 5) is 14.0. The van der Waals surface area contributed by atoms with Crippen molar-refractivity contribution in [3.8, 4) is 0 Å². The number of piperidine rings is 1. The maximum atomic E-state index is 12.2. The standard InChI is InChI=1S/C13H17N5O2/c1-9-8-11(16-20-9)13(19)17-5-2-10(3-6-17)18-7-4-12(14)15-18/h4,7-8,10H,2-3,5-6H2,1H3,(H2,14,15). The topological polar surface area (TPSA) is 90.2 Å². The fourth-order valence-electron chi connectivity index (χ4n) is 2.52. The van der Waals surface area contributed by atoms with Gasteiger partial charge in [0.1, 0.15) is 11.6 Å². The second-order valence-corrected chi connectivity index (χ2v) is 5.07. The molecule has 20 heavy (non-hydrogen) atoms. The van der Waals surface area contributed by atoms with Gasteiger partial charge in [-0.3, -0.25) is 9.48 Å². The van der Waals surface area contributed by atoms with Gasteiger partial charge in [-0.2, -0.15) is 5.10 Å². The Morgan fingerprint density at radius 3 is 2.75 bits per heavy atom. The highest BCUT2D eigenvalue weighted by molar-refractivity contribution is 5.92. The first-order chi connectivity index (χ1) is 9.63. The summed E-state index contributed by atoms with van der Waals surface area (Å²) in [5.41, 5.74) is 6.00. The van der Waals surface area contributed by atoms with Crippen LogP contribution in [0, 0.1) is 6.92 Å². The Labute approximate surface area is 116 Å². The van der Waals surface area contributed by atoms with Crippen LogP contribution < -0.4 is 5.73 Å². The number of aromatic nitrogens is 3. The number of carbonyl (C=O) groups is 1. The monoisotopic (exact) mass is 275 g/mol. The minimum absolute atomic E-state index is 0.0692. The highest BCUT2D eigenvalue weighted by atomic mass is 16.5. The zero-order valence-corrected chi connectivity index (χ0v) is 11.3. The van der Waals surface area contributed by atoms with E-state index in [0.717, 1.165) is 12.8 Å². The Balaban J connectivity index is 1.62. The molecule has 0 spiro atoms. The summed E-state index contributed by atoms with van der Waals surface area (Å²) in [6, 6.07) is 3.76. The second kappa shape index (κ2) is 4.99. The van der Waals surface area contributed by atoms with Crippen molar-refractivity contribution in [3.05, 3.63) is 29.8 Å². The maximum absolute atomic E-state index is 12.2. The molecular weight excluding hydrogens is 258 g/mol. The summed E-state index contributed by atoms with van der Waals surface area (Å²) in [5.74, 6) is 1.11. The van der Waals surface area contributed by atoms with E-state index in [1.807, 2.05) is 10.9 Å². The van der Waals surface area contributed by atoms with Crippen LogP contribution in [0.15, 0.2) is 22.9 Å². The molecule has 0 radical (unpaired) electrons. The van der Waals surface area contributed by atoms with Gasteiger partial charge in [0.15, 0.2) is 5.69 Å². The average Bonchev–Trinajstić information content (AvgIpc) is 3.07. The van der Waals surface area contributed by atoms with Gasteiger partial charge in [0, 0.05) is 25.4 Å². The van der Waals surface area contributed by atoms with Crippen LogP contribution in [-0.4, -0.2) is 38.8 Å². The number of likely N-dealkylation sites (tertiary alicyclic amines) is 1. The van der Waals surface area contributed by atoms with Crippen LogP contribution in [0.3, 0.4) is 0 Å². The van der Waals surface area contributed by atoms with E-state index in [2.05, 4.69) is 10.3 Å². The van der Waals surface area contributed by atoms with E-state index in [9.17, 15) is 4.79 Å². The molecule has 0 unspecified atom stereocenters. The van der Waals surface area contributed by atoms with Crippen LogP contribution in [0.5, 0.6) is 0 Å². The van der Waals surface area contributed by atoms with Crippen molar-refractivity contribution < 1.29 is 9.32 Å². The molecule has 7 heteroatoms. The van der Waals surface area contributed by atoms with Crippen molar-refractivity contribution in [2.45, 2.75) is 25.8 Å². The quantitative estimate of drug-likeness (QED) is 0.890. The van der Waals surface area contributed by atoms with Crippen LogP contribution >= 0.6 is 0 Å². The third-order valence-electron chi connectivity index (χ3n) is 3.60. The molecule has 0 aromatic carbocycles. The predicted molar refractivity (Wildman–Crippen MR) is 72.1 cm³/mol. The second-order valence-electron chi connectivity index (χ2n) is 5.07. The van der Waals surface area contributed by atoms with Crippen LogP contribution in [0.25, 0.3) is 0 Å². The van der Waals surface area contributed by atoms with E-state index >= 15 is 0 Å². The first-order valence-corrected chi connectivity index (χ1v) is 6.67. The molecule has 3 rings (SSSR count). The summed E-state index contributed by atoms with van der Waals surface area (Å²) in [5, 5.41) is 8.00. The molecule has 2 N–H and O–H groups in total. The summed E-state index contributed by atoms with van der Waals surface area (Å²) >= 11 is 0. The fraction of sp³-hybridized carbons (Fsp3) is 0.462. The van der Waals surface area contributed by atoms with Crippen molar-refractivity contribution in [3.63, 3.8) is 0 Å². The van der Waals surface area contributed by atoms with E-state index < -0.39 is 0 Å². The first-order valence-electron chi connectivity index (χ1n) is 6.67. The molecule has 0 atom stereocenters. The number of nitrogens with two attached hydrogens (primary N) is 1. The molecule has 7 nitrogen and oxygen atoms in total. The number of nitrogens with zero attached hydrogens (tertiary/aromatic N) is 4. The zero-order valence-electron chi connectivity index (χ0n) is 11.3. The van der Waals surface area contributed by atoms with Gasteiger partial charge in [0.05, 0.1) is 6.04 Å².